The van der Waals surface area contributed by atoms with Crippen molar-refractivity contribution < 1.29 is 4.79 Å². The lowest BCUT2D eigenvalue weighted by Gasteiger charge is -2.11. The van der Waals surface area contributed by atoms with E-state index < -0.39 is 8.07 Å². The second-order valence-corrected chi connectivity index (χ2v) is 9.52. The molecular weight excluding hydrogens is 152 g/mol. The summed E-state index contributed by atoms with van der Waals surface area (Å²) in [5.74, 6) is 0.239. The predicted molar refractivity (Wildman–Crippen MR) is 52.6 cm³/mol. The first kappa shape index (κ1) is 10.6. The summed E-state index contributed by atoms with van der Waals surface area (Å²) < 4.78 is 0. The highest BCUT2D eigenvalue weighted by Gasteiger charge is 2.09. The Morgan fingerprint density at radius 2 is 1.91 bits per heavy atom. The molecular formula is C9H18OSi. The van der Waals surface area contributed by atoms with E-state index in [4.69, 9.17) is 0 Å². The minimum atomic E-state index is -0.976. The molecule has 0 fully saturated rings. The summed E-state index contributed by atoms with van der Waals surface area (Å²) in [6.45, 7) is 8.79. The van der Waals surface area contributed by atoms with Gasteiger partial charge >= 0.3 is 0 Å². The number of hydrogen-bond donors (Lipinski definition) is 0. The number of ketones is 1. The van der Waals surface area contributed by atoms with Gasteiger partial charge in [0.25, 0.3) is 0 Å². The van der Waals surface area contributed by atoms with Crippen LogP contribution in [0.15, 0.2) is 12.2 Å². The minimum absolute atomic E-state index is 0.239. The molecule has 0 aliphatic heterocycles. The third-order valence-corrected chi connectivity index (χ3v) is 2.84. The Bertz CT molecular complexity index is 153. The van der Waals surface area contributed by atoms with Crippen LogP contribution in [-0.4, -0.2) is 13.9 Å². The van der Waals surface area contributed by atoms with Crippen LogP contribution in [0.25, 0.3) is 0 Å². The van der Waals surface area contributed by atoms with Gasteiger partial charge in [0.2, 0.25) is 0 Å². The average Bonchev–Trinajstić information content (AvgIpc) is 1.85. The number of carbonyl (C=O) groups excluding carboxylic acids is 1. The molecule has 0 aromatic heterocycles. The molecule has 0 bridgehead atoms. The topological polar surface area (TPSA) is 17.1 Å². The molecule has 0 aromatic carbocycles. The molecule has 0 aromatic rings. The quantitative estimate of drug-likeness (QED) is 0.468. The highest BCUT2D eigenvalue weighted by atomic mass is 28.3. The molecule has 0 rings (SSSR count). The first-order valence-corrected chi connectivity index (χ1v) is 7.86. The molecule has 2 heteroatoms. The van der Waals surface area contributed by atoms with Gasteiger partial charge in [-0.15, -0.1) is 0 Å². The van der Waals surface area contributed by atoms with Crippen molar-refractivity contribution in [2.24, 2.45) is 0 Å². The fourth-order valence-corrected chi connectivity index (χ4v) is 1.49. The van der Waals surface area contributed by atoms with E-state index in [1.165, 1.54) is 0 Å². The molecule has 0 spiro atoms. The van der Waals surface area contributed by atoms with E-state index in [1.807, 2.05) is 13.0 Å². The minimum Gasteiger partial charge on any atom is -0.295 e. The first-order valence-electron chi connectivity index (χ1n) is 4.15. The van der Waals surface area contributed by atoms with E-state index in [0.29, 0.717) is 6.42 Å². The third-order valence-electron chi connectivity index (χ3n) is 1.38. The number of allylic oxidation sites excluding steroid dienone is 2. The van der Waals surface area contributed by atoms with Crippen LogP contribution in [0.4, 0.5) is 0 Å². The Morgan fingerprint density at radius 1 is 1.36 bits per heavy atom. The van der Waals surface area contributed by atoms with Crippen LogP contribution in [0.2, 0.25) is 25.7 Å². The van der Waals surface area contributed by atoms with Crippen LogP contribution in [0.5, 0.6) is 0 Å². The molecule has 64 valence electrons. The Hall–Kier alpha value is -0.373. The molecule has 0 radical (unpaired) electrons. The fraction of sp³-hybridized carbons (Fsp3) is 0.667. The lowest BCUT2D eigenvalue weighted by Crippen LogP contribution is -2.17. The van der Waals surface area contributed by atoms with Crippen molar-refractivity contribution in [2.75, 3.05) is 0 Å². The average molecular weight is 170 g/mol. The first-order chi connectivity index (χ1) is 4.95. The maximum absolute atomic E-state index is 10.8. The van der Waals surface area contributed by atoms with Crippen molar-refractivity contribution in [1.29, 1.82) is 0 Å². The molecule has 0 saturated heterocycles. The van der Waals surface area contributed by atoms with Crippen LogP contribution >= 0.6 is 0 Å². The highest BCUT2D eigenvalue weighted by Crippen LogP contribution is 2.08. The molecule has 0 heterocycles. The summed E-state index contributed by atoms with van der Waals surface area (Å²) in [4.78, 5) is 10.8. The van der Waals surface area contributed by atoms with Gasteiger partial charge in [-0.1, -0.05) is 32.6 Å². The number of rotatable bonds is 4. The lowest BCUT2D eigenvalue weighted by molar-refractivity contribution is -0.114. The molecule has 0 saturated carbocycles. The van der Waals surface area contributed by atoms with Crippen molar-refractivity contribution >= 4 is 13.9 Å². The van der Waals surface area contributed by atoms with E-state index in [-0.39, 0.29) is 5.78 Å². The summed E-state index contributed by atoms with van der Waals surface area (Å²) in [6, 6.07) is 1.11. The van der Waals surface area contributed by atoms with Gasteiger partial charge in [-0.2, -0.15) is 0 Å². The highest BCUT2D eigenvalue weighted by molar-refractivity contribution is 6.76. The van der Waals surface area contributed by atoms with Gasteiger partial charge in [0, 0.05) is 14.5 Å². The molecule has 0 aliphatic rings. The second kappa shape index (κ2) is 4.49. The molecule has 1 nitrogen and oxygen atoms in total. The van der Waals surface area contributed by atoms with Gasteiger partial charge < -0.3 is 0 Å². The largest absolute Gasteiger partial charge is 0.295 e. The maximum atomic E-state index is 10.8. The van der Waals surface area contributed by atoms with Gasteiger partial charge in [0.05, 0.1) is 0 Å². The Labute approximate surface area is 70.5 Å². The molecule has 0 N–H and O–H groups in total. The smallest absolute Gasteiger partial charge is 0.155 e. The van der Waals surface area contributed by atoms with E-state index in [0.717, 1.165) is 6.04 Å². The standard InChI is InChI=1S/C9H18OSi/c1-5-9(10)7-6-8-11(2,3)4/h6-7H,5,8H2,1-4H3/b7-6+. The van der Waals surface area contributed by atoms with Gasteiger partial charge in [-0.05, 0) is 12.1 Å². The molecule has 0 unspecified atom stereocenters. The molecule has 0 atom stereocenters. The van der Waals surface area contributed by atoms with E-state index in [2.05, 4.69) is 19.6 Å². The van der Waals surface area contributed by atoms with E-state index in [1.54, 1.807) is 6.08 Å². The van der Waals surface area contributed by atoms with Crippen molar-refractivity contribution in [3.05, 3.63) is 12.2 Å². The molecule has 0 aliphatic carbocycles. The summed E-state index contributed by atoms with van der Waals surface area (Å²) in [6.07, 6.45) is 4.37. The normalized spacial score (nSPS) is 12.4. The Balaban J connectivity index is 3.70. The zero-order valence-electron chi connectivity index (χ0n) is 7.98. The predicted octanol–water partition coefficient (Wildman–Crippen LogP) is 2.86. The van der Waals surface area contributed by atoms with Crippen molar-refractivity contribution in [2.45, 2.75) is 39.0 Å². The number of carbonyl (C=O) groups is 1. The van der Waals surface area contributed by atoms with Gasteiger partial charge in [0.15, 0.2) is 5.78 Å². The van der Waals surface area contributed by atoms with Crippen molar-refractivity contribution in [3.63, 3.8) is 0 Å². The van der Waals surface area contributed by atoms with Crippen LogP contribution in [0.1, 0.15) is 13.3 Å². The summed E-state index contributed by atoms with van der Waals surface area (Å²) in [5.41, 5.74) is 0. The summed E-state index contributed by atoms with van der Waals surface area (Å²) in [7, 11) is -0.976. The second-order valence-electron chi connectivity index (χ2n) is 3.99. The van der Waals surface area contributed by atoms with Crippen LogP contribution < -0.4 is 0 Å². The van der Waals surface area contributed by atoms with Crippen LogP contribution in [0, 0.1) is 0 Å². The van der Waals surface area contributed by atoms with Crippen LogP contribution in [0.3, 0.4) is 0 Å². The van der Waals surface area contributed by atoms with Gasteiger partial charge in [-0.25, -0.2) is 0 Å². The van der Waals surface area contributed by atoms with E-state index in [9.17, 15) is 4.79 Å². The zero-order valence-corrected chi connectivity index (χ0v) is 8.98. The third kappa shape index (κ3) is 7.52. The van der Waals surface area contributed by atoms with Gasteiger partial charge in [-0.3, -0.25) is 4.79 Å². The Kier molecular flexibility index (Phi) is 4.34. The summed E-state index contributed by atoms with van der Waals surface area (Å²) in [5, 5.41) is 0. The van der Waals surface area contributed by atoms with Gasteiger partial charge in [0.1, 0.15) is 0 Å². The molecule has 0 amide bonds. The molecule has 11 heavy (non-hydrogen) atoms. The maximum Gasteiger partial charge on any atom is 0.155 e. The monoisotopic (exact) mass is 170 g/mol. The van der Waals surface area contributed by atoms with E-state index >= 15 is 0 Å². The number of hydrogen-bond acceptors (Lipinski definition) is 1. The lowest BCUT2D eigenvalue weighted by atomic mass is 10.3. The summed E-state index contributed by atoms with van der Waals surface area (Å²) >= 11 is 0. The zero-order chi connectivity index (χ0) is 8.91. The Morgan fingerprint density at radius 3 is 2.27 bits per heavy atom. The van der Waals surface area contributed by atoms with Crippen molar-refractivity contribution in [3.8, 4) is 0 Å². The van der Waals surface area contributed by atoms with Crippen molar-refractivity contribution in [1.82, 2.24) is 0 Å². The SMILES string of the molecule is CCC(=O)/C=C/C[Si](C)(C)C. The van der Waals surface area contributed by atoms with Crippen LogP contribution in [-0.2, 0) is 4.79 Å². The fourth-order valence-electron chi connectivity index (χ4n) is 0.662.